The van der Waals surface area contributed by atoms with Crippen LogP contribution in [0.5, 0.6) is 0 Å². The highest BCUT2D eigenvalue weighted by molar-refractivity contribution is 5.50. The zero-order chi connectivity index (χ0) is 13.4. The van der Waals surface area contributed by atoms with E-state index in [2.05, 4.69) is 9.80 Å². The van der Waals surface area contributed by atoms with Crippen LogP contribution in [0.1, 0.15) is 31.4 Å². The Balaban J connectivity index is 1.78. The van der Waals surface area contributed by atoms with Crippen LogP contribution in [0.25, 0.3) is 0 Å². The number of benzene rings is 1. The third-order valence-electron chi connectivity index (χ3n) is 4.43. The molecule has 1 aromatic rings. The third kappa shape index (κ3) is 2.47. The normalized spacial score (nSPS) is 25.4. The van der Waals surface area contributed by atoms with Crippen LogP contribution in [0.15, 0.2) is 18.2 Å². The van der Waals surface area contributed by atoms with Gasteiger partial charge in [-0.1, -0.05) is 6.07 Å². The smallest absolute Gasteiger partial charge is 0.146 e. The maximum Gasteiger partial charge on any atom is 0.146 e. The molecule has 0 bridgehead atoms. The van der Waals surface area contributed by atoms with Gasteiger partial charge in [0.1, 0.15) is 5.82 Å². The number of hydrogen-bond donors (Lipinski definition) is 1. The van der Waals surface area contributed by atoms with Crippen LogP contribution in [0.2, 0.25) is 0 Å². The lowest BCUT2D eigenvalue weighted by atomic mass is 10.1. The number of hydrogen-bond acceptors (Lipinski definition) is 3. The first-order valence-electron chi connectivity index (χ1n) is 7.19. The van der Waals surface area contributed by atoms with Gasteiger partial charge in [-0.25, -0.2) is 4.39 Å². The molecule has 2 fully saturated rings. The standard InChI is InChI=1S/C15H22FN3/c1-11(17)12-4-5-15(14(16)9-12)19-8-7-18-6-2-3-13(18)10-19/h4-5,9,11,13H,2-3,6-8,10,17H2,1H3. The SMILES string of the molecule is CC(N)c1ccc(N2CCN3CCCC3C2)c(F)c1. The van der Waals surface area contributed by atoms with E-state index in [-0.39, 0.29) is 11.9 Å². The number of nitrogens with two attached hydrogens (primary N) is 1. The Kier molecular flexibility index (Phi) is 3.46. The average Bonchev–Trinajstić information content (AvgIpc) is 2.85. The summed E-state index contributed by atoms with van der Waals surface area (Å²) in [5.41, 5.74) is 7.39. The summed E-state index contributed by atoms with van der Waals surface area (Å²) in [6.07, 6.45) is 2.53. The predicted molar refractivity (Wildman–Crippen MR) is 75.8 cm³/mol. The van der Waals surface area contributed by atoms with Crippen LogP contribution in [-0.4, -0.2) is 37.1 Å². The topological polar surface area (TPSA) is 32.5 Å². The Morgan fingerprint density at radius 1 is 1.32 bits per heavy atom. The van der Waals surface area contributed by atoms with Gasteiger partial charge in [0.2, 0.25) is 0 Å². The van der Waals surface area contributed by atoms with Crippen molar-refractivity contribution in [2.24, 2.45) is 5.73 Å². The zero-order valence-corrected chi connectivity index (χ0v) is 11.5. The van der Waals surface area contributed by atoms with Crippen molar-refractivity contribution >= 4 is 5.69 Å². The molecule has 0 aliphatic carbocycles. The molecule has 0 aromatic heterocycles. The van der Waals surface area contributed by atoms with Gasteiger partial charge in [0.25, 0.3) is 0 Å². The summed E-state index contributed by atoms with van der Waals surface area (Å²) >= 11 is 0. The number of piperazine rings is 1. The lowest BCUT2D eigenvalue weighted by molar-refractivity contribution is 0.230. The van der Waals surface area contributed by atoms with Crippen molar-refractivity contribution in [3.63, 3.8) is 0 Å². The van der Waals surface area contributed by atoms with E-state index in [1.807, 2.05) is 19.1 Å². The van der Waals surface area contributed by atoms with E-state index in [0.29, 0.717) is 6.04 Å². The summed E-state index contributed by atoms with van der Waals surface area (Å²) in [7, 11) is 0. The summed E-state index contributed by atoms with van der Waals surface area (Å²) in [4.78, 5) is 4.72. The molecule has 19 heavy (non-hydrogen) atoms. The van der Waals surface area contributed by atoms with Crippen LogP contribution >= 0.6 is 0 Å². The van der Waals surface area contributed by atoms with Crippen molar-refractivity contribution in [3.8, 4) is 0 Å². The molecule has 0 radical (unpaired) electrons. The minimum atomic E-state index is -0.138. The average molecular weight is 263 g/mol. The highest BCUT2D eigenvalue weighted by Crippen LogP contribution is 2.28. The largest absolute Gasteiger partial charge is 0.366 e. The lowest BCUT2D eigenvalue weighted by Crippen LogP contribution is -2.50. The second-order valence-corrected chi connectivity index (χ2v) is 5.78. The van der Waals surface area contributed by atoms with Gasteiger partial charge in [0, 0.05) is 31.7 Å². The second-order valence-electron chi connectivity index (χ2n) is 5.78. The summed E-state index contributed by atoms with van der Waals surface area (Å²) < 4.78 is 14.2. The minimum Gasteiger partial charge on any atom is -0.366 e. The van der Waals surface area contributed by atoms with Gasteiger partial charge in [-0.05, 0) is 44.0 Å². The van der Waals surface area contributed by atoms with Gasteiger partial charge >= 0.3 is 0 Å². The molecule has 2 unspecified atom stereocenters. The molecule has 2 N–H and O–H groups in total. The first kappa shape index (κ1) is 12.9. The van der Waals surface area contributed by atoms with Crippen LogP contribution in [0.4, 0.5) is 10.1 Å². The van der Waals surface area contributed by atoms with Crippen molar-refractivity contribution < 1.29 is 4.39 Å². The summed E-state index contributed by atoms with van der Waals surface area (Å²) in [6, 6.07) is 5.92. The van der Waals surface area contributed by atoms with Gasteiger partial charge in [-0.15, -0.1) is 0 Å². The highest BCUT2D eigenvalue weighted by Gasteiger charge is 2.31. The molecule has 0 saturated carbocycles. The predicted octanol–water partition coefficient (Wildman–Crippen LogP) is 2.13. The number of halogens is 1. The van der Waals surface area contributed by atoms with Gasteiger partial charge < -0.3 is 10.6 Å². The Labute approximate surface area is 114 Å². The fourth-order valence-electron chi connectivity index (χ4n) is 3.27. The Bertz CT molecular complexity index is 461. The maximum absolute atomic E-state index is 14.2. The van der Waals surface area contributed by atoms with E-state index < -0.39 is 0 Å². The Morgan fingerprint density at radius 3 is 2.89 bits per heavy atom. The number of rotatable bonds is 2. The molecular weight excluding hydrogens is 241 g/mol. The summed E-state index contributed by atoms with van der Waals surface area (Å²) in [5, 5.41) is 0. The lowest BCUT2D eigenvalue weighted by Gasteiger charge is -2.39. The van der Waals surface area contributed by atoms with E-state index >= 15 is 0 Å². The first-order chi connectivity index (χ1) is 9.15. The van der Waals surface area contributed by atoms with E-state index in [1.165, 1.54) is 19.4 Å². The number of anilines is 1. The van der Waals surface area contributed by atoms with E-state index in [0.717, 1.165) is 30.9 Å². The van der Waals surface area contributed by atoms with Crippen LogP contribution in [0, 0.1) is 5.82 Å². The molecule has 104 valence electrons. The molecule has 0 amide bonds. The van der Waals surface area contributed by atoms with Gasteiger partial charge in [0.05, 0.1) is 5.69 Å². The van der Waals surface area contributed by atoms with Crippen molar-refractivity contribution in [2.75, 3.05) is 31.1 Å². The minimum absolute atomic E-state index is 0.116. The molecule has 2 heterocycles. The fraction of sp³-hybridized carbons (Fsp3) is 0.600. The monoisotopic (exact) mass is 263 g/mol. The van der Waals surface area contributed by atoms with Crippen LogP contribution in [-0.2, 0) is 0 Å². The Morgan fingerprint density at radius 2 is 2.16 bits per heavy atom. The fourth-order valence-corrected chi connectivity index (χ4v) is 3.27. The summed E-state index contributed by atoms with van der Waals surface area (Å²) in [6.45, 7) is 6.02. The second kappa shape index (κ2) is 5.10. The van der Waals surface area contributed by atoms with Gasteiger partial charge in [-0.3, -0.25) is 4.90 Å². The molecule has 0 spiro atoms. The molecular formula is C15H22FN3. The first-order valence-corrected chi connectivity index (χ1v) is 7.19. The van der Waals surface area contributed by atoms with E-state index in [9.17, 15) is 4.39 Å². The van der Waals surface area contributed by atoms with Crippen molar-refractivity contribution in [1.82, 2.24) is 4.90 Å². The maximum atomic E-state index is 14.2. The molecule has 4 heteroatoms. The number of fused-ring (bicyclic) bond motifs is 1. The molecule has 1 aromatic carbocycles. The molecule has 3 nitrogen and oxygen atoms in total. The molecule has 2 saturated heterocycles. The molecule has 2 aliphatic rings. The quantitative estimate of drug-likeness (QED) is 0.887. The van der Waals surface area contributed by atoms with Crippen molar-refractivity contribution in [2.45, 2.75) is 31.8 Å². The third-order valence-corrected chi connectivity index (χ3v) is 4.43. The van der Waals surface area contributed by atoms with Crippen molar-refractivity contribution in [1.29, 1.82) is 0 Å². The molecule has 3 rings (SSSR count). The van der Waals surface area contributed by atoms with Gasteiger partial charge in [0.15, 0.2) is 0 Å². The van der Waals surface area contributed by atoms with Gasteiger partial charge in [-0.2, -0.15) is 0 Å². The Hall–Kier alpha value is -1.13. The van der Waals surface area contributed by atoms with Crippen molar-refractivity contribution in [3.05, 3.63) is 29.6 Å². The summed E-state index contributed by atoms with van der Waals surface area (Å²) in [5.74, 6) is -0.138. The van der Waals surface area contributed by atoms with Crippen LogP contribution < -0.4 is 10.6 Å². The number of nitrogens with zero attached hydrogens (tertiary/aromatic N) is 2. The van der Waals surface area contributed by atoms with E-state index in [1.54, 1.807) is 6.07 Å². The molecule has 2 atom stereocenters. The molecule has 2 aliphatic heterocycles. The zero-order valence-electron chi connectivity index (χ0n) is 11.5. The highest BCUT2D eigenvalue weighted by atomic mass is 19.1. The van der Waals surface area contributed by atoms with Crippen LogP contribution in [0.3, 0.4) is 0 Å². The van der Waals surface area contributed by atoms with E-state index in [4.69, 9.17) is 5.73 Å².